The van der Waals surface area contributed by atoms with Crippen molar-refractivity contribution in [3.63, 3.8) is 0 Å². The molecule has 1 N–H and O–H groups in total. The number of piperidine rings is 1. The molecule has 2 aromatic heterocycles. The third-order valence-corrected chi connectivity index (χ3v) is 3.82. The van der Waals surface area contributed by atoms with E-state index >= 15 is 0 Å². The van der Waals surface area contributed by atoms with Gasteiger partial charge >= 0.3 is 0 Å². The van der Waals surface area contributed by atoms with Crippen LogP contribution in [0.2, 0.25) is 0 Å². The Hall–Kier alpha value is -2.03. The number of tetrazole rings is 1. The number of β-amino-alcohol motifs (C(OH)–C–C–N with tert-alkyl or cyclic N) is 1. The molecule has 0 aromatic carbocycles. The normalized spacial score (nSPS) is 22.5. The van der Waals surface area contributed by atoms with E-state index in [4.69, 9.17) is 4.42 Å². The zero-order chi connectivity index (χ0) is 15.7. The molecule has 3 rings (SSSR count). The Kier molecular flexibility index (Phi) is 3.81. The number of anilines is 1. The van der Waals surface area contributed by atoms with Gasteiger partial charge in [-0.25, -0.2) is 13.5 Å². The molecule has 7 nitrogen and oxygen atoms in total. The lowest BCUT2D eigenvalue weighted by molar-refractivity contribution is -0.102. The van der Waals surface area contributed by atoms with Gasteiger partial charge in [0.25, 0.3) is 6.43 Å². The quantitative estimate of drug-likeness (QED) is 0.914. The molecule has 1 unspecified atom stereocenters. The van der Waals surface area contributed by atoms with E-state index in [1.807, 2.05) is 13.0 Å². The van der Waals surface area contributed by atoms with Crippen LogP contribution in [0.3, 0.4) is 0 Å². The standard InChI is InChI=1S/C13H17F2N5O2/c1-9-5-10(7-22-9)6-20-12(16-17-18-20)19-4-2-3-13(21,8-19)11(14)15/h5,7,11,21H,2-4,6,8H2,1H3. The number of rotatable bonds is 4. The highest BCUT2D eigenvalue weighted by atomic mass is 19.3. The summed E-state index contributed by atoms with van der Waals surface area (Å²) >= 11 is 0. The van der Waals surface area contributed by atoms with Gasteiger partial charge in [-0.3, -0.25) is 0 Å². The second-order valence-corrected chi connectivity index (χ2v) is 5.63. The molecule has 0 saturated carbocycles. The summed E-state index contributed by atoms with van der Waals surface area (Å²) in [5.74, 6) is 1.15. The first-order valence-corrected chi connectivity index (χ1v) is 7.03. The van der Waals surface area contributed by atoms with Crippen molar-refractivity contribution in [1.82, 2.24) is 20.2 Å². The van der Waals surface area contributed by atoms with E-state index in [1.54, 1.807) is 11.2 Å². The summed E-state index contributed by atoms with van der Waals surface area (Å²) < 4.78 is 32.8. The van der Waals surface area contributed by atoms with Crippen molar-refractivity contribution < 1.29 is 18.3 Å². The van der Waals surface area contributed by atoms with Crippen molar-refractivity contribution >= 4 is 5.95 Å². The van der Waals surface area contributed by atoms with Gasteiger partial charge in [0, 0.05) is 12.1 Å². The van der Waals surface area contributed by atoms with Gasteiger partial charge in [-0.15, -0.1) is 0 Å². The molecule has 0 radical (unpaired) electrons. The molecule has 0 spiro atoms. The van der Waals surface area contributed by atoms with Crippen LogP contribution in [-0.2, 0) is 6.54 Å². The van der Waals surface area contributed by atoms with Crippen LogP contribution in [0.25, 0.3) is 0 Å². The average molecular weight is 313 g/mol. The number of furan rings is 1. The zero-order valence-corrected chi connectivity index (χ0v) is 12.1. The molecule has 0 amide bonds. The molecule has 120 valence electrons. The fraction of sp³-hybridized carbons (Fsp3) is 0.615. The van der Waals surface area contributed by atoms with Crippen molar-refractivity contribution in [2.24, 2.45) is 0 Å². The van der Waals surface area contributed by atoms with E-state index in [2.05, 4.69) is 15.5 Å². The van der Waals surface area contributed by atoms with Crippen molar-refractivity contribution in [1.29, 1.82) is 0 Å². The maximum absolute atomic E-state index is 13.0. The van der Waals surface area contributed by atoms with Crippen LogP contribution >= 0.6 is 0 Å². The van der Waals surface area contributed by atoms with Crippen LogP contribution in [0.1, 0.15) is 24.2 Å². The molecule has 0 aliphatic carbocycles. The van der Waals surface area contributed by atoms with Gasteiger partial charge in [0.15, 0.2) is 0 Å². The molecule has 1 aliphatic rings. The van der Waals surface area contributed by atoms with Gasteiger partial charge in [0.1, 0.15) is 11.4 Å². The predicted octanol–water partition coefficient (Wildman–Crippen LogP) is 1.22. The van der Waals surface area contributed by atoms with Crippen LogP contribution in [0.5, 0.6) is 0 Å². The lowest BCUT2D eigenvalue weighted by atomic mass is 9.93. The van der Waals surface area contributed by atoms with Crippen molar-refractivity contribution in [3.8, 4) is 0 Å². The first-order valence-electron chi connectivity index (χ1n) is 7.03. The highest BCUT2D eigenvalue weighted by Crippen LogP contribution is 2.29. The molecule has 0 bridgehead atoms. The maximum Gasteiger partial charge on any atom is 0.268 e. The van der Waals surface area contributed by atoms with E-state index in [0.29, 0.717) is 25.5 Å². The monoisotopic (exact) mass is 313 g/mol. The van der Waals surface area contributed by atoms with Crippen molar-refractivity contribution in [2.75, 3.05) is 18.0 Å². The number of hydrogen-bond donors (Lipinski definition) is 1. The number of hydrogen-bond acceptors (Lipinski definition) is 6. The second kappa shape index (κ2) is 5.64. The van der Waals surface area contributed by atoms with Crippen LogP contribution in [-0.4, -0.2) is 50.4 Å². The minimum atomic E-state index is -2.80. The number of aliphatic hydroxyl groups is 1. The van der Waals surface area contributed by atoms with Gasteiger partial charge in [0.2, 0.25) is 5.95 Å². The lowest BCUT2D eigenvalue weighted by Crippen LogP contribution is -2.53. The smallest absolute Gasteiger partial charge is 0.268 e. The van der Waals surface area contributed by atoms with Crippen LogP contribution in [0.4, 0.5) is 14.7 Å². The highest BCUT2D eigenvalue weighted by Gasteiger charge is 2.42. The molecule has 1 aliphatic heterocycles. The minimum Gasteiger partial charge on any atom is -0.469 e. The molecule has 1 fully saturated rings. The first kappa shape index (κ1) is 14.9. The Morgan fingerprint density at radius 3 is 3.00 bits per heavy atom. The van der Waals surface area contributed by atoms with E-state index < -0.39 is 12.0 Å². The fourth-order valence-electron chi connectivity index (χ4n) is 2.70. The molecule has 1 saturated heterocycles. The van der Waals surface area contributed by atoms with Crippen molar-refractivity contribution in [3.05, 3.63) is 23.7 Å². The number of alkyl halides is 2. The third-order valence-electron chi connectivity index (χ3n) is 3.82. The van der Waals surface area contributed by atoms with Gasteiger partial charge in [-0.1, -0.05) is 5.10 Å². The number of nitrogens with zero attached hydrogens (tertiary/aromatic N) is 5. The summed E-state index contributed by atoms with van der Waals surface area (Å²) in [6.45, 7) is 2.55. The third kappa shape index (κ3) is 2.80. The fourth-order valence-corrected chi connectivity index (χ4v) is 2.70. The Bertz CT molecular complexity index is 644. The molecule has 2 aromatic rings. The highest BCUT2D eigenvalue weighted by molar-refractivity contribution is 5.31. The molecule has 1 atom stereocenters. The second-order valence-electron chi connectivity index (χ2n) is 5.63. The summed E-state index contributed by atoms with van der Waals surface area (Å²) in [5.41, 5.74) is -1.13. The maximum atomic E-state index is 13.0. The molecular formula is C13H17F2N5O2. The van der Waals surface area contributed by atoms with E-state index in [1.165, 1.54) is 4.68 Å². The van der Waals surface area contributed by atoms with Gasteiger partial charge in [-0.2, -0.15) is 0 Å². The minimum absolute atomic E-state index is 0.0731. The van der Waals surface area contributed by atoms with Crippen molar-refractivity contribution in [2.45, 2.75) is 38.3 Å². The van der Waals surface area contributed by atoms with Gasteiger partial charge in [0.05, 0.1) is 19.4 Å². The van der Waals surface area contributed by atoms with E-state index in [-0.39, 0.29) is 13.0 Å². The Morgan fingerprint density at radius 1 is 1.50 bits per heavy atom. The zero-order valence-electron chi connectivity index (χ0n) is 12.1. The Labute approximate surface area is 125 Å². The predicted molar refractivity (Wildman–Crippen MR) is 72.8 cm³/mol. The number of aromatic nitrogens is 4. The summed E-state index contributed by atoms with van der Waals surface area (Å²) in [5, 5.41) is 21.4. The molecule has 22 heavy (non-hydrogen) atoms. The molecule has 9 heteroatoms. The van der Waals surface area contributed by atoms with Gasteiger partial charge in [-0.05, 0) is 36.3 Å². The SMILES string of the molecule is Cc1cc(Cn2nnnc2N2CCCC(O)(C(F)F)C2)co1. The number of aryl methyl sites for hydroxylation is 1. The van der Waals surface area contributed by atoms with Crippen LogP contribution in [0, 0.1) is 6.92 Å². The van der Waals surface area contributed by atoms with Gasteiger partial charge < -0.3 is 14.4 Å². The largest absolute Gasteiger partial charge is 0.469 e. The Morgan fingerprint density at radius 2 is 2.32 bits per heavy atom. The topological polar surface area (TPSA) is 80.2 Å². The summed E-state index contributed by atoms with van der Waals surface area (Å²) in [4.78, 5) is 1.60. The molecular weight excluding hydrogens is 296 g/mol. The van der Waals surface area contributed by atoms with E-state index in [0.717, 1.165) is 11.3 Å². The summed E-state index contributed by atoms with van der Waals surface area (Å²) in [6, 6.07) is 1.86. The van der Waals surface area contributed by atoms with E-state index in [9.17, 15) is 13.9 Å². The lowest BCUT2D eigenvalue weighted by Gasteiger charge is -2.38. The number of halogens is 2. The first-order chi connectivity index (χ1) is 10.5. The Balaban J connectivity index is 1.79. The van der Waals surface area contributed by atoms with Crippen LogP contribution in [0.15, 0.2) is 16.7 Å². The summed E-state index contributed by atoms with van der Waals surface area (Å²) in [6.07, 6.45) is -0.662. The molecule has 3 heterocycles. The van der Waals surface area contributed by atoms with Crippen LogP contribution < -0.4 is 4.90 Å². The average Bonchev–Trinajstić information content (AvgIpc) is 3.08. The summed E-state index contributed by atoms with van der Waals surface area (Å²) in [7, 11) is 0.